The van der Waals surface area contributed by atoms with Crippen molar-refractivity contribution in [1.82, 2.24) is 25.0 Å². The standard InChI is InChI=1S/C19H8Cl2F3N7O4/c20-10-3-7(31-18(34)27-16(32)13(6-25)30-31)4-11(21)14(10)35-8-1-2-12-9(5-8)15(29-28-12)26-17(33)19(22,23)24/h1-5H,(H,27,32,34)(H2,26,28,29,33). The number of benzene rings is 2. The fourth-order valence-electron chi connectivity index (χ4n) is 2.86. The highest BCUT2D eigenvalue weighted by Gasteiger charge is 2.39. The molecule has 0 radical (unpaired) electrons. The van der Waals surface area contributed by atoms with E-state index >= 15 is 0 Å². The van der Waals surface area contributed by atoms with Gasteiger partial charge in [-0.25, -0.2) is 4.79 Å². The zero-order valence-corrected chi connectivity index (χ0v) is 18.2. The summed E-state index contributed by atoms with van der Waals surface area (Å²) >= 11 is 12.5. The highest BCUT2D eigenvalue weighted by Crippen LogP contribution is 2.39. The van der Waals surface area contributed by atoms with Crippen LogP contribution in [0.25, 0.3) is 16.6 Å². The lowest BCUT2D eigenvalue weighted by atomic mass is 10.2. The van der Waals surface area contributed by atoms with Gasteiger partial charge >= 0.3 is 17.8 Å². The first kappa shape index (κ1) is 23.8. The number of alkyl halides is 3. The Morgan fingerprint density at radius 1 is 1.17 bits per heavy atom. The number of fused-ring (bicyclic) bond motifs is 1. The molecule has 0 fully saturated rings. The summed E-state index contributed by atoms with van der Waals surface area (Å²) in [5.74, 6) is -2.59. The van der Waals surface area contributed by atoms with E-state index in [9.17, 15) is 27.6 Å². The van der Waals surface area contributed by atoms with E-state index in [0.717, 1.165) is 0 Å². The van der Waals surface area contributed by atoms with Crippen LogP contribution in [0.2, 0.25) is 10.0 Å². The van der Waals surface area contributed by atoms with Crippen LogP contribution in [-0.4, -0.2) is 37.0 Å². The number of anilines is 1. The van der Waals surface area contributed by atoms with Crippen LogP contribution in [-0.2, 0) is 4.79 Å². The third-order valence-corrected chi connectivity index (χ3v) is 4.97. The quantitative estimate of drug-likeness (QED) is 0.368. The molecule has 2 aromatic carbocycles. The van der Waals surface area contributed by atoms with E-state index in [4.69, 9.17) is 33.2 Å². The van der Waals surface area contributed by atoms with Crippen LogP contribution in [0.1, 0.15) is 5.69 Å². The number of nitrogens with zero attached hydrogens (tertiary/aromatic N) is 4. The van der Waals surface area contributed by atoms with Gasteiger partial charge in [0.2, 0.25) is 5.69 Å². The number of amides is 1. The molecule has 1 amide bonds. The monoisotopic (exact) mass is 525 g/mol. The van der Waals surface area contributed by atoms with Gasteiger partial charge in [0, 0.05) is 5.39 Å². The third kappa shape index (κ3) is 4.67. The molecular weight excluding hydrogens is 518 g/mol. The number of carbonyl (C=O) groups is 1. The highest BCUT2D eigenvalue weighted by molar-refractivity contribution is 6.37. The van der Waals surface area contributed by atoms with E-state index in [1.54, 1.807) is 11.4 Å². The molecule has 0 aliphatic rings. The summed E-state index contributed by atoms with van der Waals surface area (Å²) in [6.07, 6.45) is -5.11. The maximum Gasteiger partial charge on any atom is 0.471 e. The number of H-pyrrole nitrogens is 2. The van der Waals surface area contributed by atoms with Gasteiger partial charge in [0.25, 0.3) is 5.56 Å². The molecule has 0 atom stereocenters. The molecule has 2 heterocycles. The number of ether oxygens (including phenoxy) is 1. The Balaban J connectivity index is 1.69. The van der Waals surface area contributed by atoms with Crippen molar-refractivity contribution in [2.75, 3.05) is 5.32 Å². The number of aromatic nitrogens is 5. The molecule has 4 aromatic rings. The van der Waals surface area contributed by atoms with E-state index in [1.807, 2.05) is 4.98 Å². The zero-order chi connectivity index (χ0) is 25.5. The molecule has 0 unspecified atom stereocenters. The molecule has 2 aromatic heterocycles. The number of aromatic amines is 2. The van der Waals surface area contributed by atoms with E-state index < -0.39 is 29.0 Å². The van der Waals surface area contributed by atoms with Crippen molar-refractivity contribution >= 4 is 45.8 Å². The molecule has 0 saturated carbocycles. The van der Waals surface area contributed by atoms with Crippen LogP contribution in [0, 0.1) is 11.3 Å². The largest absolute Gasteiger partial charge is 0.471 e. The summed E-state index contributed by atoms with van der Waals surface area (Å²) < 4.78 is 44.1. The average Bonchev–Trinajstić information content (AvgIpc) is 3.17. The number of nitrogens with one attached hydrogen (secondary N) is 3. The second-order valence-corrected chi connectivity index (χ2v) is 7.52. The molecule has 3 N–H and O–H groups in total. The smallest absolute Gasteiger partial charge is 0.454 e. The zero-order valence-electron chi connectivity index (χ0n) is 16.7. The molecule has 0 bridgehead atoms. The van der Waals surface area contributed by atoms with Crippen LogP contribution in [0.3, 0.4) is 0 Å². The second kappa shape index (κ2) is 8.78. The summed E-state index contributed by atoms with van der Waals surface area (Å²) in [7, 11) is 0. The molecule has 0 aliphatic carbocycles. The lowest BCUT2D eigenvalue weighted by Gasteiger charge is -2.12. The summed E-state index contributed by atoms with van der Waals surface area (Å²) in [6.45, 7) is 0. The van der Waals surface area contributed by atoms with E-state index in [-0.39, 0.29) is 38.4 Å². The Morgan fingerprint density at radius 3 is 2.49 bits per heavy atom. The van der Waals surface area contributed by atoms with E-state index in [0.29, 0.717) is 10.2 Å². The Bertz CT molecular complexity index is 1630. The Labute approximate surface area is 200 Å². The maximum atomic E-state index is 12.6. The summed E-state index contributed by atoms with van der Waals surface area (Å²) in [5.41, 5.74) is -2.18. The fraction of sp³-hybridized carbons (Fsp3) is 0.0526. The lowest BCUT2D eigenvalue weighted by Crippen LogP contribution is -2.33. The highest BCUT2D eigenvalue weighted by atomic mass is 35.5. The molecule has 0 spiro atoms. The van der Waals surface area contributed by atoms with Gasteiger partial charge in [0.1, 0.15) is 11.8 Å². The number of carbonyl (C=O) groups excluding carboxylic acids is 1. The van der Waals surface area contributed by atoms with Crippen molar-refractivity contribution in [2.24, 2.45) is 0 Å². The van der Waals surface area contributed by atoms with Gasteiger partial charge in [-0.2, -0.15) is 28.2 Å². The van der Waals surface area contributed by atoms with Crippen molar-refractivity contribution in [3.63, 3.8) is 0 Å². The van der Waals surface area contributed by atoms with Crippen LogP contribution < -0.4 is 21.3 Å². The average molecular weight is 526 g/mol. The lowest BCUT2D eigenvalue weighted by molar-refractivity contribution is -0.167. The van der Waals surface area contributed by atoms with Crippen LogP contribution in [0.15, 0.2) is 39.9 Å². The molecule has 11 nitrogen and oxygen atoms in total. The van der Waals surface area contributed by atoms with Gasteiger partial charge in [0.05, 0.1) is 21.2 Å². The van der Waals surface area contributed by atoms with Gasteiger partial charge < -0.3 is 10.1 Å². The fourth-order valence-corrected chi connectivity index (χ4v) is 3.42. The van der Waals surface area contributed by atoms with Crippen molar-refractivity contribution in [3.05, 3.63) is 66.9 Å². The summed E-state index contributed by atoms with van der Waals surface area (Å²) in [5, 5.41) is 20.3. The molecular formula is C19H8Cl2F3N7O4. The summed E-state index contributed by atoms with van der Waals surface area (Å²) in [4.78, 5) is 36.8. The maximum absolute atomic E-state index is 12.6. The number of hydrogen-bond donors (Lipinski definition) is 3. The van der Waals surface area contributed by atoms with Crippen LogP contribution in [0.5, 0.6) is 11.5 Å². The summed E-state index contributed by atoms with van der Waals surface area (Å²) in [6, 6.07) is 8.15. The minimum absolute atomic E-state index is 0.00698. The predicted molar refractivity (Wildman–Crippen MR) is 116 cm³/mol. The Kier molecular flexibility index (Phi) is 5.97. The molecule has 35 heavy (non-hydrogen) atoms. The van der Waals surface area contributed by atoms with Gasteiger partial charge in [-0.15, -0.1) is 5.10 Å². The van der Waals surface area contributed by atoms with Gasteiger partial charge in [-0.1, -0.05) is 23.2 Å². The first-order valence-corrected chi connectivity index (χ1v) is 9.91. The van der Waals surface area contributed by atoms with E-state index in [1.165, 1.54) is 30.3 Å². The van der Waals surface area contributed by atoms with Crippen LogP contribution in [0.4, 0.5) is 19.0 Å². The van der Waals surface area contributed by atoms with Crippen molar-refractivity contribution in [3.8, 4) is 23.3 Å². The van der Waals surface area contributed by atoms with Crippen molar-refractivity contribution < 1.29 is 22.7 Å². The molecule has 178 valence electrons. The molecule has 4 rings (SSSR count). The van der Waals surface area contributed by atoms with E-state index in [2.05, 4.69) is 15.3 Å². The van der Waals surface area contributed by atoms with Crippen molar-refractivity contribution in [2.45, 2.75) is 6.18 Å². The SMILES string of the molecule is N#Cc1nn(-c2cc(Cl)c(Oc3ccc4[nH]nc(NC(=O)C(F)(F)F)c4c3)c(Cl)c2)c(=O)[nH]c1=O. The van der Waals surface area contributed by atoms with Gasteiger partial charge in [-0.3, -0.25) is 19.7 Å². The number of hydrogen-bond acceptors (Lipinski definition) is 7. The normalized spacial score (nSPS) is 11.3. The minimum atomic E-state index is -5.11. The van der Waals surface area contributed by atoms with Crippen LogP contribution >= 0.6 is 23.2 Å². The predicted octanol–water partition coefficient (Wildman–Crippen LogP) is 3.27. The Morgan fingerprint density at radius 2 is 1.86 bits per heavy atom. The van der Waals surface area contributed by atoms with Crippen molar-refractivity contribution in [1.29, 1.82) is 5.26 Å². The van der Waals surface area contributed by atoms with Gasteiger partial charge in [-0.05, 0) is 30.3 Å². The second-order valence-electron chi connectivity index (χ2n) is 6.70. The third-order valence-electron chi connectivity index (χ3n) is 4.41. The molecule has 0 aliphatic heterocycles. The molecule has 0 saturated heterocycles. The minimum Gasteiger partial charge on any atom is -0.454 e. The first-order chi connectivity index (χ1) is 16.5. The molecule has 16 heteroatoms. The first-order valence-electron chi connectivity index (χ1n) is 9.15. The Hall–Kier alpha value is -4.35. The van der Waals surface area contributed by atoms with Gasteiger partial charge in [0.15, 0.2) is 11.6 Å². The number of nitriles is 1. The number of halogens is 5. The number of rotatable bonds is 4. The topological polar surface area (TPSA) is 159 Å².